The summed E-state index contributed by atoms with van der Waals surface area (Å²) in [5.41, 5.74) is 0.274. The van der Waals surface area contributed by atoms with E-state index in [9.17, 15) is 0 Å². The quantitative estimate of drug-likeness (QED) is 0.577. The molecule has 2 N–H and O–H groups in total. The van der Waals surface area contributed by atoms with Crippen LogP contribution in [-0.2, 0) is 4.74 Å². The van der Waals surface area contributed by atoms with E-state index >= 15 is 0 Å². The highest BCUT2D eigenvalue weighted by Gasteiger charge is 2.35. The van der Waals surface area contributed by atoms with Crippen LogP contribution in [0.5, 0.6) is 0 Å². The summed E-state index contributed by atoms with van der Waals surface area (Å²) in [6.07, 6.45) is 1.26. The maximum absolute atomic E-state index is 5.17. The molecule has 0 amide bonds. The lowest BCUT2D eigenvalue weighted by Crippen LogP contribution is -2.61. The number of hydrogen-bond donors (Lipinski definition) is 2. The van der Waals surface area contributed by atoms with Gasteiger partial charge in [0.25, 0.3) is 0 Å². The van der Waals surface area contributed by atoms with E-state index in [0.29, 0.717) is 6.04 Å². The molecule has 0 aromatic carbocycles. The van der Waals surface area contributed by atoms with Gasteiger partial charge in [-0.3, -0.25) is 0 Å². The van der Waals surface area contributed by atoms with Gasteiger partial charge in [0, 0.05) is 12.6 Å². The summed E-state index contributed by atoms with van der Waals surface area (Å²) in [6, 6.07) is 0.670. The molecule has 2 fully saturated rings. The first kappa shape index (κ1) is 7.53. The van der Waals surface area contributed by atoms with Gasteiger partial charge in [-0.1, -0.05) is 0 Å². The Balaban J connectivity index is 1.79. The molecule has 2 rings (SSSR count). The number of ether oxygens (including phenoxy) is 1. The minimum absolute atomic E-state index is 0.274. The monoisotopic (exact) mass is 156 g/mol. The summed E-state index contributed by atoms with van der Waals surface area (Å²) in [4.78, 5) is 0. The van der Waals surface area contributed by atoms with Crippen LogP contribution in [0, 0.1) is 0 Å². The molecular weight excluding hydrogens is 140 g/mol. The van der Waals surface area contributed by atoms with Crippen LogP contribution in [-0.4, -0.2) is 37.9 Å². The lowest BCUT2D eigenvalue weighted by Gasteiger charge is -2.41. The fourth-order valence-electron chi connectivity index (χ4n) is 1.76. The number of nitrogens with one attached hydrogen (secondary N) is 2. The van der Waals surface area contributed by atoms with Gasteiger partial charge in [0.05, 0.1) is 18.8 Å². The van der Waals surface area contributed by atoms with Gasteiger partial charge < -0.3 is 15.4 Å². The van der Waals surface area contributed by atoms with Crippen LogP contribution in [0.3, 0.4) is 0 Å². The fraction of sp³-hybridized carbons (Fsp3) is 1.00. The smallest absolute Gasteiger partial charge is 0.0669 e. The van der Waals surface area contributed by atoms with E-state index in [1.807, 2.05) is 0 Å². The molecule has 0 bridgehead atoms. The maximum atomic E-state index is 5.17. The van der Waals surface area contributed by atoms with Crippen LogP contribution in [0.15, 0.2) is 0 Å². The minimum atomic E-state index is 0.274. The highest BCUT2D eigenvalue weighted by atomic mass is 16.5. The zero-order valence-electron chi connectivity index (χ0n) is 7.02. The van der Waals surface area contributed by atoms with Gasteiger partial charge in [0.15, 0.2) is 0 Å². The summed E-state index contributed by atoms with van der Waals surface area (Å²) in [5.74, 6) is 0. The van der Waals surface area contributed by atoms with Crippen molar-refractivity contribution in [3.8, 4) is 0 Å². The molecule has 2 saturated heterocycles. The summed E-state index contributed by atoms with van der Waals surface area (Å²) in [7, 11) is 0. The van der Waals surface area contributed by atoms with E-state index in [1.54, 1.807) is 0 Å². The number of hydrogen-bond acceptors (Lipinski definition) is 3. The lowest BCUT2D eigenvalue weighted by atomic mass is 9.99. The van der Waals surface area contributed by atoms with Crippen LogP contribution in [0.1, 0.15) is 13.3 Å². The van der Waals surface area contributed by atoms with Gasteiger partial charge in [0.2, 0.25) is 0 Å². The second-order valence-corrected chi connectivity index (χ2v) is 3.89. The van der Waals surface area contributed by atoms with E-state index in [4.69, 9.17) is 4.74 Å². The summed E-state index contributed by atoms with van der Waals surface area (Å²) >= 11 is 0. The van der Waals surface area contributed by atoms with Gasteiger partial charge in [0.1, 0.15) is 0 Å². The molecule has 0 aromatic heterocycles. The Labute approximate surface area is 67.5 Å². The second-order valence-electron chi connectivity index (χ2n) is 3.89. The van der Waals surface area contributed by atoms with Crippen LogP contribution < -0.4 is 10.6 Å². The Morgan fingerprint density at radius 3 is 2.82 bits per heavy atom. The third kappa shape index (κ3) is 1.55. The standard InChI is InChI=1S/C8H16N2O/c1-8(5-11-6-8)10-7-2-3-9-4-7/h7,9-10H,2-6H2,1H3. The van der Waals surface area contributed by atoms with Crippen LogP contribution >= 0.6 is 0 Å². The van der Waals surface area contributed by atoms with E-state index in [2.05, 4.69) is 17.6 Å². The molecule has 0 spiro atoms. The predicted octanol–water partition coefficient (Wildman–Crippen LogP) is -0.273. The lowest BCUT2D eigenvalue weighted by molar-refractivity contribution is -0.0683. The molecule has 2 aliphatic rings. The van der Waals surface area contributed by atoms with Crippen molar-refractivity contribution in [2.45, 2.75) is 24.9 Å². The Kier molecular flexibility index (Phi) is 1.87. The third-order valence-corrected chi connectivity index (χ3v) is 2.45. The molecule has 2 heterocycles. The molecule has 1 atom stereocenters. The average Bonchev–Trinajstić information content (AvgIpc) is 2.36. The summed E-state index contributed by atoms with van der Waals surface area (Å²) in [6.45, 7) is 6.27. The Morgan fingerprint density at radius 1 is 1.55 bits per heavy atom. The highest BCUT2D eigenvalue weighted by molar-refractivity contribution is 4.94. The van der Waals surface area contributed by atoms with Gasteiger partial charge in [-0.25, -0.2) is 0 Å². The maximum Gasteiger partial charge on any atom is 0.0669 e. The van der Waals surface area contributed by atoms with Crippen molar-refractivity contribution in [2.75, 3.05) is 26.3 Å². The molecule has 3 nitrogen and oxygen atoms in total. The molecule has 3 heteroatoms. The Morgan fingerprint density at radius 2 is 2.36 bits per heavy atom. The SMILES string of the molecule is CC1(NC2CCNC2)COC1. The van der Waals surface area contributed by atoms with Gasteiger partial charge in [-0.2, -0.15) is 0 Å². The fourth-order valence-corrected chi connectivity index (χ4v) is 1.76. The van der Waals surface area contributed by atoms with Crippen molar-refractivity contribution in [3.05, 3.63) is 0 Å². The molecule has 0 saturated carbocycles. The molecule has 11 heavy (non-hydrogen) atoms. The molecule has 0 radical (unpaired) electrons. The molecule has 0 aromatic rings. The first-order valence-electron chi connectivity index (χ1n) is 4.35. The molecule has 64 valence electrons. The summed E-state index contributed by atoms with van der Waals surface area (Å²) in [5, 5.41) is 6.94. The molecule has 0 aliphatic carbocycles. The van der Waals surface area contributed by atoms with Crippen molar-refractivity contribution >= 4 is 0 Å². The van der Waals surface area contributed by atoms with E-state index in [-0.39, 0.29) is 5.54 Å². The first-order valence-corrected chi connectivity index (χ1v) is 4.35. The zero-order valence-corrected chi connectivity index (χ0v) is 7.02. The normalized spacial score (nSPS) is 35.2. The van der Waals surface area contributed by atoms with E-state index in [0.717, 1.165) is 26.3 Å². The Hall–Kier alpha value is -0.120. The zero-order chi connectivity index (χ0) is 7.73. The van der Waals surface area contributed by atoms with Crippen molar-refractivity contribution in [1.29, 1.82) is 0 Å². The molecule has 1 unspecified atom stereocenters. The Bertz CT molecular complexity index is 139. The molecular formula is C8H16N2O. The third-order valence-electron chi connectivity index (χ3n) is 2.45. The van der Waals surface area contributed by atoms with Gasteiger partial charge in [-0.05, 0) is 19.9 Å². The minimum Gasteiger partial charge on any atom is -0.377 e. The average molecular weight is 156 g/mol. The van der Waals surface area contributed by atoms with Crippen molar-refractivity contribution < 1.29 is 4.74 Å². The van der Waals surface area contributed by atoms with Crippen molar-refractivity contribution in [2.24, 2.45) is 0 Å². The van der Waals surface area contributed by atoms with Crippen LogP contribution in [0.4, 0.5) is 0 Å². The van der Waals surface area contributed by atoms with Crippen molar-refractivity contribution in [3.63, 3.8) is 0 Å². The molecule has 2 aliphatic heterocycles. The largest absolute Gasteiger partial charge is 0.377 e. The first-order chi connectivity index (χ1) is 5.29. The van der Waals surface area contributed by atoms with Gasteiger partial charge >= 0.3 is 0 Å². The van der Waals surface area contributed by atoms with Crippen LogP contribution in [0.25, 0.3) is 0 Å². The van der Waals surface area contributed by atoms with Crippen LogP contribution in [0.2, 0.25) is 0 Å². The number of rotatable bonds is 2. The summed E-state index contributed by atoms with van der Waals surface area (Å²) < 4.78 is 5.17. The van der Waals surface area contributed by atoms with E-state index in [1.165, 1.54) is 6.42 Å². The second kappa shape index (κ2) is 2.73. The van der Waals surface area contributed by atoms with Crippen molar-refractivity contribution in [1.82, 2.24) is 10.6 Å². The van der Waals surface area contributed by atoms with E-state index < -0.39 is 0 Å². The van der Waals surface area contributed by atoms with Gasteiger partial charge in [-0.15, -0.1) is 0 Å². The predicted molar refractivity (Wildman–Crippen MR) is 43.6 cm³/mol. The highest BCUT2D eigenvalue weighted by Crippen LogP contribution is 2.17. The topological polar surface area (TPSA) is 33.3 Å².